The number of nitro benzene ring substituents is 1. The van der Waals surface area contributed by atoms with Crippen LogP contribution in [0.15, 0.2) is 16.6 Å². The Hall–Kier alpha value is -0.340. The van der Waals surface area contributed by atoms with Gasteiger partial charge in [0, 0.05) is 10.5 Å². The number of carbonyl (C=O) groups is 1. The van der Waals surface area contributed by atoms with Crippen molar-refractivity contribution in [2.75, 3.05) is 11.9 Å². The van der Waals surface area contributed by atoms with Crippen LogP contribution in [0.3, 0.4) is 0 Å². The van der Waals surface area contributed by atoms with Crippen LogP contribution in [0.1, 0.15) is 1.43 Å². The number of carboxylic acid groups (broad SMARTS) is 1. The standard InChI is InChI=1S/C8H6BrClN2O4.Na.H/c9-4-1-6(11-3-8(13)14)7(12(15)16)2-5(4)10;;/h1-2,11H,3H2,(H,13,14);;/q;+1;-1. The molecule has 0 saturated carbocycles. The summed E-state index contributed by atoms with van der Waals surface area (Å²) in [5.41, 5.74) is -0.168. The number of aliphatic carboxylic acids is 1. The normalized spacial score (nSPS) is 9.29. The van der Waals surface area contributed by atoms with Crippen molar-refractivity contribution in [3.05, 3.63) is 31.7 Å². The molecule has 0 unspecified atom stereocenters. The first-order valence-corrected chi connectivity index (χ1v) is 5.18. The molecule has 0 spiro atoms. The zero-order valence-electron chi connectivity index (χ0n) is 9.74. The molecule has 0 radical (unpaired) electrons. The number of benzene rings is 1. The van der Waals surface area contributed by atoms with Gasteiger partial charge in [0.1, 0.15) is 12.2 Å². The third-order valence-corrected chi connectivity index (χ3v) is 2.86. The van der Waals surface area contributed by atoms with Crippen molar-refractivity contribution in [1.29, 1.82) is 0 Å². The molecule has 0 saturated heterocycles. The number of halogens is 2. The average molecular weight is 334 g/mol. The van der Waals surface area contributed by atoms with E-state index in [-0.39, 0.29) is 47.4 Å². The maximum absolute atomic E-state index is 10.7. The molecular weight excluding hydrogens is 326 g/mol. The van der Waals surface area contributed by atoms with Crippen LogP contribution in [0.4, 0.5) is 11.4 Å². The minimum atomic E-state index is -1.11. The van der Waals surface area contributed by atoms with Crippen molar-refractivity contribution in [3.8, 4) is 0 Å². The molecule has 17 heavy (non-hydrogen) atoms. The van der Waals surface area contributed by atoms with Crippen molar-refractivity contribution in [2.45, 2.75) is 0 Å². The molecule has 0 aromatic heterocycles. The summed E-state index contributed by atoms with van der Waals surface area (Å²) in [5.74, 6) is -1.11. The van der Waals surface area contributed by atoms with E-state index in [1.165, 1.54) is 6.07 Å². The molecule has 88 valence electrons. The minimum Gasteiger partial charge on any atom is -1.00 e. The summed E-state index contributed by atoms with van der Waals surface area (Å²) in [6.45, 7) is -0.408. The van der Waals surface area contributed by atoms with E-state index in [2.05, 4.69) is 21.2 Å². The number of nitro groups is 1. The van der Waals surface area contributed by atoms with E-state index < -0.39 is 17.4 Å². The molecule has 2 N–H and O–H groups in total. The van der Waals surface area contributed by atoms with E-state index in [0.717, 1.165) is 6.07 Å². The Kier molecular flexibility index (Phi) is 7.03. The second-order valence-electron chi connectivity index (χ2n) is 2.79. The van der Waals surface area contributed by atoms with Gasteiger partial charge in [0.2, 0.25) is 0 Å². The van der Waals surface area contributed by atoms with Crippen LogP contribution in [0.5, 0.6) is 0 Å². The Bertz CT molecular complexity index is 463. The smallest absolute Gasteiger partial charge is 1.00 e. The maximum atomic E-state index is 10.7. The monoisotopic (exact) mass is 332 g/mol. The van der Waals surface area contributed by atoms with Crippen LogP contribution in [0.25, 0.3) is 0 Å². The van der Waals surface area contributed by atoms with Gasteiger partial charge in [-0.25, -0.2) is 0 Å². The topological polar surface area (TPSA) is 92.5 Å². The molecule has 0 bridgehead atoms. The Morgan fingerprint density at radius 1 is 1.65 bits per heavy atom. The van der Waals surface area contributed by atoms with Gasteiger partial charge in [-0.05, 0) is 22.0 Å². The summed E-state index contributed by atoms with van der Waals surface area (Å²) in [5, 5.41) is 21.8. The van der Waals surface area contributed by atoms with Crippen molar-refractivity contribution in [2.24, 2.45) is 0 Å². The number of nitrogens with one attached hydrogen (secondary N) is 1. The van der Waals surface area contributed by atoms with Gasteiger partial charge in [-0.2, -0.15) is 0 Å². The Morgan fingerprint density at radius 2 is 2.24 bits per heavy atom. The summed E-state index contributed by atoms with van der Waals surface area (Å²) in [6.07, 6.45) is 0. The van der Waals surface area contributed by atoms with Crippen LogP contribution in [-0.2, 0) is 4.79 Å². The molecule has 0 heterocycles. The van der Waals surface area contributed by atoms with E-state index in [1.54, 1.807) is 0 Å². The first-order valence-electron chi connectivity index (χ1n) is 4.01. The number of anilines is 1. The first-order chi connectivity index (χ1) is 7.41. The summed E-state index contributed by atoms with van der Waals surface area (Å²) in [4.78, 5) is 20.4. The molecule has 0 fully saturated rings. The van der Waals surface area contributed by atoms with Crippen LogP contribution in [0.2, 0.25) is 5.02 Å². The number of rotatable bonds is 4. The third-order valence-electron chi connectivity index (χ3n) is 1.67. The number of hydrogen-bond acceptors (Lipinski definition) is 4. The SMILES string of the molecule is O=C(O)CNc1cc(Br)c(Cl)cc1[N+](=O)[O-].[H-].[Na+]. The Balaban J connectivity index is 0. The first kappa shape index (κ1) is 16.7. The summed E-state index contributed by atoms with van der Waals surface area (Å²) in [6, 6.07) is 2.51. The molecule has 6 nitrogen and oxygen atoms in total. The Labute approximate surface area is 133 Å². The summed E-state index contributed by atoms with van der Waals surface area (Å²) < 4.78 is 0.452. The quantitative estimate of drug-likeness (QED) is 0.445. The number of hydrogen-bond donors (Lipinski definition) is 2. The van der Waals surface area contributed by atoms with Gasteiger partial charge < -0.3 is 11.8 Å². The average Bonchev–Trinajstić information content (AvgIpc) is 2.18. The largest absolute Gasteiger partial charge is 1.00 e. The van der Waals surface area contributed by atoms with Crippen molar-refractivity contribution in [3.63, 3.8) is 0 Å². The fourth-order valence-corrected chi connectivity index (χ4v) is 1.50. The number of carboxylic acids is 1. The maximum Gasteiger partial charge on any atom is 1.00 e. The molecule has 0 aliphatic carbocycles. The fourth-order valence-electron chi connectivity index (χ4n) is 1.000. The predicted octanol–water partition coefficient (Wildman–Crippen LogP) is -0.376. The molecule has 0 aliphatic rings. The van der Waals surface area contributed by atoms with E-state index in [4.69, 9.17) is 16.7 Å². The van der Waals surface area contributed by atoms with Crippen LogP contribution >= 0.6 is 27.5 Å². The molecular formula is C8H7BrClN2NaO4. The molecule has 0 atom stereocenters. The fraction of sp³-hybridized carbons (Fsp3) is 0.125. The van der Waals surface area contributed by atoms with E-state index in [9.17, 15) is 14.9 Å². The van der Waals surface area contributed by atoms with Crippen LogP contribution in [0, 0.1) is 10.1 Å². The van der Waals surface area contributed by atoms with Crippen molar-refractivity contribution >= 4 is 44.9 Å². The predicted molar refractivity (Wildman–Crippen MR) is 63.0 cm³/mol. The summed E-state index contributed by atoms with van der Waals surface area (Å²) >= 11 is 8.79. The summed E-state index contributed by atoms with van der Waals surface area (Å²) in [7, 11) is 0. The van der Waals surface area contributed by atoms with E-state index in [1.807, 2.05) is 0 Å². The minimum absolute atomic E-state index is 0. The van der Waals surface area contributed by atoms with Gasteiger partial charge in [-0.1, -0.05) is 11.6 Å². The molecule has 1 rings (SSSR count). The molecule has 0 aliphatic heterocycles. The van der Waals surface area contributed by atoms with Crippen LogP contribution in [-0.4, -0.2) is 22.5 Å². The van der Waals surface area contributed by atoms with Gasteiger partial charge >= 0.3 is 35.5 Å². The van der Waals surface area contributed by atoms with Gasteiger partial charge in [-0.15, -0.1) is 0 Å². The van der Waals surface area contributed by atoms with Gasteiger partial charge in [-0.3, -0.25) is 14.9 Å². The van der Waals surface area contributed by atoms with E-state index >= 15 is 0 Å². The van der Waals surface area contributed by atoms with Gasteiger partial charge in [0.25, 0.3) is 5.69 Å². The van der Waals surface area contributed by atoms with Gasteiger partial charge in [0.05, 0.1) is 9.95 Å². The molecule has 1 aromatic carbocycles. The molecule has 1 aromatic rings. The molecule has 9 heteroatoms. The Morgan fingerprint density at radius 3 is 2.71 bits per heavy atom. The van der Waals surface area contributed by atoms with Crippen LogP contribution < -0.4 is 34.9 Å². The second-order valence-corrected chi connectivity index (χ2v) is 4.05. The zero-order chi connectivity index (χ0) is 12.3. The van der Waals surface area contributed by atoms with Gasteiger partial charge in [0.15, 0.2) is 0 Å². The second kappa shape index (κ2) is 7.17. The van der Waals surface area contributed by atoms with E-state index in [0.29, 0.717) is 4.47 Å². The zero-order valence-corrected chi connectivity index (χ0v) is 13.1. The van der Waals surface area contributed by atoms with Crippen molar-refractivity contribution in [1.82, 2.24) is 0 Å². The number of nitrogens with zero attached hydrogens (tertiary/aromatic N) is 1. The van der Waals surface area contributed by atoms with Crippen molar-refractivity contribution < 1.29 is 45.8 Å². The third kappa shape index (κ3) is 4.81. The molecule has 0 amide bonds.